The summed E-state index contributed by atoms with van der Waals surface area (Å²) in [6.07, 6.45) is 0. The van der Waals surface area contributed by atoms with E-state index in [2.05, 4.69) is 0 Å². The molecule has 1 heterocycles. The molecule has 0 radical (unpaired) electrons. The lowest BCUT2D eigenvalue weighted by atomic mass is 10.2. The molecule has 104 valence electrons. The number of hydrogen-bond acceptors (Lipinski definition) is 4. The van der Waals surface area contributed by atoms with Crippen LogP contribution in [0.5, 0.6) is 0 Å². The third-order valence-electron chi connectivity index (χ3n) is 3.20. The zero-order valence-corrected chi connectivity index (χ0v) is 11.5. The molecular formula is C15H14O4S. The Hall–Kier alpha value is -1.69. The van der Waals surface area contributed by atoms with E-state index in [4.69, 9.17) is 9.47 Å². The molecule has 3 rings (SSSR count). The molecule has 1 aliphatic rings. The van der Waals surface area contributed by atoms with Gasteiger partial charge in [-0.1, -0.05) is 48.5 Å². The predicted molar refractivity (Wildman–Crippen MR) is 73.7 cm³/mol. The molecule has 0 bridgehead atoms. The molecule has 4 nitrogen and oxygen atoms in total. The second-order valence-corrected chi connectivity index (χ2v) is 6.45. The van der Waals surface area contributed by atoms with Gasteiger partial charge >= 0.3 is 5.12 Å². The van der Waals surface area contributed by atoms with Crippen molar-refractivity contribution in [2.45, 2.75) is 10.0 Å². The van der Waals surface area contributed by atoms with E-state index < -0.39 is 15.0 Å². The zero-order valence-electron chi connectivity index (χ0n) is 10.7. The average Bonchev–Trinajstić information content (AvgIpc) is 3.00. The molecule has 0 aliphatic carbocycles. The quantitative estimate of drug-likeness (QED) is 0.870. The van der Waals surface area contributed by atoms with Crippen LogP contribution in [-0.4, -0.2) is 21.6 Å². The van der Waals surface area contributed by atoms with Crippen LogP contribution in [0.2, 0.25) is 0 Å². The summed E-state index contributed by atoms with van der Waals surface area (Å²) in [7, 11) is -3.80. The first-order chi connectivity index (χ1) is 9.67. The summed E-state index contributed by atoms with van der Waals surface area (Å²) in [5, 5.41) is -1.74. The highest BCUT2D eigenvalue weighted by molar-refractivity contribution is 7.92. The van der Waals surface area contributed by atoms with Gasteiger partial charge in [-0.15, -0.1) is 0 Å². The van der Waals surface area contributed by atoms with Crippen molar-refractivity contribution >= 4 is 9.84 Å². The maximum Gasteiger partial charge on any atom is 0.306 e. The first kappa shape index (κ1) is 13.3. The molecule has 0 amide bonds. The van der Waals surface area contributed by atoms with Crippen molar-refractivity contribution in [3.8, 4) is 0 Å². The summed E-state index contributed by atoms with van der Waals surface area (Å²) in [5.74, 6) is 0. The number of sulfone groups is 1. The minimum atomic E-state index is -3.80. The van der Waals surface area contributed by atoms with Crippen molar-refractivity contribution in [2.24, 2.45) is 0 Å². The Morgan fingerprint density at radius 1 is 0.800 bits per heavy atom. The van der Waals surface area contributed by atoms with Crippen LogP contribution >= 0.6 is 0 Å². The van der Waals surface area contributed by atoms with E-state index in [1.54, 1.807) is 54.6 Å². The second kappa shape index (κ2) is 5.01. The lowest BCUT2D eigenvalue weighted by molar-refractivity contribution is -0.0903. The number of hydrogen-bond donors (Lipinski definition) is 0. The van der Waals surface area contributed by atoms with Crippen LogP contribution < -0.4 is 0 Å². The van der Waals surface area contributed by atoms with Crippen LogP contribution in [0.4, 0.5) is 0 Å². The maximum atomic E-state index is 12.9. The number of rotatable bonds is 3. The van der Waals surface area contributed by atoms with Gasteiger partial charge in [0.1, 0.15) is 0 Å². The van der Waals surface area contributed by atoms with E-state index >= 15 is 0 Å². The fourth-order valence-electron chi connectivity index (χ4n) is 2.27. The standard InChI is InChI=1S/C15H14O4S/c16-20(17,14-9-5-2-6-10-14)15(18-11-12-19-15)13-7-3-1-4-8-13/h1-10H,11-12H2. The number of ether oxygens (including phenoxy) is 2. The van der Waals surface area contributed by atoms with E-state index in [-0.39, 0.29) is 18.1 Å². The highest BCUT2D eigenvalue weighted by Gasteiger charge is 2.52. The minimum absolute atomic E-state index is 0.186. The minimum Gasteiger partial charge on any atom is -0.331 e. The molecule has 20 heavy (non-hydrogen) atoms. The second-order valence-electron chi connectivity index (χ2n) is 4.44. The Kier molecular flexibility index (Phi) is 3.33. The van der Waals surface area contributed by atoms with Crippen LogP contribution in [0.1, 0.15) is 5.56 Å². The van der Waals surface area contributed by atoms with Gasteiger partial charge < -0.3 is 9.47 Å². The van der Waals surface area contributed by atoms with E-state index in [9.17, 15) is 8.42 Å². The van der Waals surface area contributed by atoms with Crippen LogP contribution in [0.15, 0.2) is 65.6 Å². The summed E-state index contributed by atoms with van der Waals surface area (Å²) in [6.45, 7) is 0.502. The van der Waals surface area contributed by atoms with Gasteiger partial charge in [-0.25, -0.2) is 8.42 Å². The summed E-state index contributed by atoms with van der Waals surface area (Å²) < 4.78 is 36.9. The smallest absolute Gasteiger partial charge is 0.306 e. The topological polar surface area (TPSA) is 52.6 Å². The van der Waals surface area contributed by atoms with E-state index in [1.165, 1.54) is 0 Å². The third-order valence-corrected chi connectivity index (χ3v) is 5.27. The Morgan fingerprint density at radius 2 is 1.30 bits per heavy atom. The molecule has 2 aromatic carbocycles. The Morgan fingerprint density at radius 3 is 1.85 bits per heavy atom. The molecule has 0 atom stereocenters. The molecule has 0 aromatic heterocycles. The van der Waals surface area contributed by atoms with Gasteiger partial charge in [0, 0.05) is 5.56 Å². The van der Waals surface area contributed by atoms with Gasteiger partial charge in [0.25, 0.3) is 0 Å². The molecule has 0 saturated carbocycles. The van der Waals surface area contributed by atoms with Crippen molar-refractivity contribution in [1.29, 1.82) is 0 Å². The monoisotopic (exact) mass is 290 g/mol. The molecule has 5 heteroatoms. The highest BCUT2D eigenvalue weighted by atomic mass is 32.2. The van der Waals surface area contributed by atoms with Gasteiger partial charge in [0.15, 0.2) is 0 Å². The zero-order chi connectivity index (χ0) is 14.1. The largest absolute Gasteiger partial charge is 0.331 e. The van der Waals surface area contributed by atoms with Crippen LogP contribution in [-0.2, 0) is 24.4 Å². The lowest BCUT2D eigenvalue weighted by Crippen LogP contribution is -2.37. The molecule has 1 aliphatic heterocycles. The van der Waals surface area contributed by atoms with Crippen LogP contribution in [0.3, 0.4) is 0 Å². The van der Waals surface area contributed by atoms with E-state index in [1.807, 2.05) is 6.07 Å². The van der Waals surface area contributed by atoms with Crippen LogP contribution in [0.25, 0.3) is 0 Å². The molecule has 2 aromatic rings. The van der Waals surface area contributed by atoms with Gasteiger partial charge in [0.05, 0.1) is 18.1 Å². The van der Waals surface area contributed by atoms with Gasteiger partial charge in [0.2, 0.25) is 9.84 Å². The van der Waals surface area contributed by atoms with Crippen LogP contribution in [0, 0.1) is 0 Å². The molecule has 0 N–H and O–H groups in total. The third kappa shape index (κ3) is 1.95. The summed E-state index contributed by atoms with van der Waals surface area (Å²) in [4.78, 5) is 0.186. The van der Waals surface area contributed by atoms with Crippen molar-refractivity contribution in [3.05, 3.63) is 66.2 Å². The first-order valence-electron chi connectivity index (χ1n) is 6.30. The van der Waals surface area contributed by atoms with Crippen molar-refractivity contribution in [1.82, 2.24) is 0 Å². The lowest BCUT2D eigenvalue weighted by Gasteiger charge is -2.27. The Bertz CT molecular complexity index is 674. The molecular weight excluding hydrogens is 276 g/mol. The molecule has 1 fully saturated rings. The van der Waals surface area contributed by atoms with Gasteiger partial charge in [-0.2, -0.15) is 0 Å². The highest BCUT2D eigenvalue weighted by Crippen LogP contribution is 2.40. The molecule has 0 unspecified atom stereocenters. The number of benzene rings is 2. The molecule has 0 spiro atoms. The summed E-state index contributed by atoms with van der Waals surface area (Å²) in [5.41, 5.74) is 0.487. The first-order valence-corrected chi connectivity index (χ1v) is 7.78. The SMILES string of the molecule is O=S(=O)(c1ccccc1)C1(c2ccccc2)OCCO1. The summed E-state index contributed by atoms with van der Waals surface area (Å²) >= 11 is 0. The normalized spacial score (nSPS) is 18.0. The van der Waals surface area contributed by atoms with Crippen molar-refractivity contribution in [2.75, 3.05) is 13.2 Å². The maximum absolute atomic E-state index is 12.9. The van der Waals surface area contributed by atoms with Crippen molar-refractivity contribution < 1.29 is 17.9 Å². The average molecular weight is 290 g/mol. The predicted octanol–water partition coefficient (Wildman–Crippen LogP) is 2.32. The van der Waals surface area contributed by atoms with Gasteiger partial charge in [-0.05, 0) is 12.1 Å². The van der Waals surface area contributed by atoms with Crippen molar-refractivity contribution in [3.63, 3.8) is 0 Å². The molecule has 1 saturated heterocycles. The summed E-state index contributed by atoms with van der Waals surface area (Å²) in [6, 6.07) is 17.0. The Balaban J connectivity index is 2.17. The van der Waals surface area contributed by atoms with E-state index in [0.29, 0.717) is 5.56 Å². The fourth-order valence-corrected chi connectivity index (χ4v) is 4.02. The Labute approximate surface area is 117 Å². The fraction of sp³-hybridized carbons (Fsp3) is 0.200. The van der Waals surface area contributed by atoms with E-state index in [0.717, 1.165) is 0 Å². The van der Waals surface area contributed by atoms with Gasteiger partial charge in [-0.3, -0.25) is 0 Å².